The Bertz CT molecular complexity index is 466. The summed E-state index contributed by atoms with van der Waals surface area (Å²) in [5, 5.41) is 3.98. The predicted octanol–water partition coefficient (Wildman–Crippen LogP) is 1.00. The topological polar surface area (TPSA) is 56.7 Å². The lowest BCUT2D eigenvalue weighted by atomic mass is 10.1. The van der Waals surface area contributed by atoms with Crippen molar-refractivity contribution in [3.05, 3.63) is 47.8 Å². The predicted molar refractivity (Wildman–Crippen MR) is 53.4 cm³/mol. The van der Waals surface area contributed by atoms with Crippen LogP contribution in [0.25, 0.3) is 0 Å². The SMILES string of the molecule is Cn1cc(C(N)c2ncccc2F)cn1. The van der Waals surface area contributed by atoms with Crippen LogP contribution in [0.3, 0.4) is 0 Å². The lowest BCUT2D eigenvalue weighted by molar-refractivity contribution is 0.586. The monoisotopic (exact) mass is 206 g/mol. The molecule has 0 saturated carbocycles. The number of halogens is 1. The van der Waals surface area contributed by atoms with E-state index in [2.05, 4.69) is 10.1 Å². The minimum absolute atomic E-state index is 0.241. The van der Waals surface area contributed by atoms with Crippen LogP contribution in [-0.2, 0) is 7.05 Å². The number of nitrogens with two attached hydrogens (primary N) is 1. The van der Waals surface area contributed by atoms with Crippen LogP contribution < -0.4 is 5.73 Å². The first kappa shape index (κ1) is 9.79. The summed E-state index contributed by atoms with van der Waals surface area (Å²) < 4.78 is 15.0. The van der Waals surface area contributed by atoms with Crippen LogP contribution in [0.1, 0.15) is 17.3 Å². The molecule has 2 rings (SSSR count). The first-order chi connectivity index (χ1) is 7.18. The molecule has 5 heteroatoms. The average Bonchev–Trinajstić information content (AvgIpc) is 2.65. The fourth-order valence-corrected chi connectivity index (χ4v) is 1.39. The zero-order valence-electron chi connectivity index (χ0n) is 8.26. The number of hydrogen-bond acceptors (Lipinski definition) is 3. The Morgan fingerprint density at radius 2 is 2.33 bits per heavy atom. The van der Waals surface area contributed by atoms with Gasteiger partial charge in [0.2, 0.25) is 0 Å². The minimum atomic E-state index is -0.570. The number of hydrogen-bond donors (Lipinski definition) is 1. The summed E-state index contributed by atoms with van der Waals surface area (Å²) in [6.07, 6.45) is 4.88. The molecule has 0 aromatic carbocycles. The van der Waals surface area contributed by atoms with Crippen molar-refractivity contribution < 1.29 is 4.39 Å². The van der Waals surface area contributed by atoms with E-state index in [1.807, 2.05) is 0 Å². The quantitative estimate of drug-likeness (QED) is 0.797. The van der Waals surface area contributed by atoms with Gasteiger partial charge in [-0.3, -0.25) is 9.67 Å². The Labute approximate surface area is 86.6 Å². The van der Waals surface area contributed by atoms with Gasteiger partial charge in [0, 0.05) is 25.0 Å². The Morgan fingerprint density at radius 3 is 2.93 bits per heavy atom. The van der Waals surface area contributed by atoms with Gasteiger partial charge in [0.1, 0.15) is 5.82 Å². The summed E-state index contributed by atoms with van der Waals surface area (Å²) >= 11 is 0. The maximum Gasteiger partial charge on any atom is 0.146 e. The molecular formula is C10H11FN4. The third-order valence-electron chi connectivity index (χ3n) is 2.17. The molecule has 1 atom stereocenters. The highest BCUT2D eigenvalue weighted by Gasteiger charge is 2.15. The van der Waals surface area contributed by atoms with Crippen LogP contribution in [0, 0.1) is 5.82 Å². The minimum Gasteiger partial charge on any atom is -0.319 e. The van der Waals surface area contributed by atoms with E-state index in [0.717, 1.165) is 5.56 Å². The molecule has 0 aliphatic rings. The Morgan fingerprint density at radius 1 is 1.53 bits per heavy atom. The van der Waals surface area contributed by atoms with Gasteiger partial charge in [-0.15, -0.1) is 0 Å². The normalized spacial score (nSPS) is 12.7. The van der Waals surface area contributed by atoms with E-state index in [0.29, 0.717) is 0 Å². The van der Waals surface area contributed by atoms with Gasteiger partial charge in [0.25, 0.3) is 0 Å². The molecule has 78 valence electrons. The highest BCUT2D eigenvalue weighted by Crippen LogP contribution is 2.18. The summed E-state index contributed by atoms with van der Waals surface area (Å²) in [5.41, 5.74) is 6.86. The van der Waals surface area contributed by atoms with Gasteiger partial charge >= 0.3 is 0 Å². The van der Waals surface area contributed by atoms with Crippen molar-refractivity contribution >= 4 is 0 Å². The molecule has 0 aliphatic carbocycles. The molecule has 0 amide bonds. The molecule has 2 aromatic rings. The van der Waals surface area contributed by atoms with Gasteiger partial charge < -0.3 is 5.73 Å². The molecule has 0 bridgehead atoms. The highest BCUT2D eigenvalue weighted by atomic mass is 19.1. The van der Waals surface area contributed by atoms with Crippen molar-refractivity contribution in [2.75, 3.05) is 0 Å². The maximum atomic E-state index is 13.4. The molecule has 0 saturated heterocycles. The van der Waals surface area contributed by atoms with Crippen molar-refractivity contribution in [3.8, 4) is 0 Å². The van der Waals surface area contributed by atoms with Gasteiger partial charge in [0.15, 0.2) is 0 Å². The van der Waals surface area contributed by atoms with Crippen molar-refractivity contribution in [2.45, 2.75) is 6.04 Å². The van der Waals surface area contributed by atoms with E-state index in [-0.39, 0.29) is 5.69 Å². The Hall–Kier alpha value is -1.75. The van der Waals surface area contributed by atoms with Gasteiger partial charge in [-0.2, -0.15) is 5.10 Å². The summed E-state index contributed by atoms with van der Waals surface area (Å²) in [7, 11) is 1.78. The van der Waals surface area contributed by atoms with Crippen LogP contribution in [0.15, 0.2) is 30.7 Å². The van der Waals surface area contributed by atoms with Crippen LogP contribution >= 0.6 is 0 Å². The van der Waals surface area contributed by atoms with E-state index >= 15 is 0 Å². The highest BCUT2D eigenvalue weighted by molar-refractivity contribution is 5.23. The fourth-order valence-electron chi connectivity index (χ4n) is 1.39. The van der Waals surface area contributed by atoms with E-state index in [9.17, 15) is 4.39 Å². The Kier molecular flexibility index (Phi) is 2.47. The molecule has 2 heterocycles. The maximum absolute atomic E-state index is 13.4. The molecule has 1 unspecified atom stereocenters. The third-order valence-corrected chi connectivity index (χ3v) is 2.17. The lowest BCUT2D eigenvalue weighted by Crippen LogP contribution is -2.14. The molecule has 0 fully saturated rings. The average molecular weight is 206 g/mol. The molecule has 2 N–H and O–H groups in total. The first-order valence-electron chi connectivity index (χ1n) is 4.53. The number of aromatic nitrogens is 3. The van der Waals surface area contributed by atoms with Crippen LogP contribution in [-0.4, -0.2) is 14.8 Å². The number of rotatable bonds is 2. The van der Waals surface area contributed by atoms with Crippen molar-refractivity contribution in [1.29, 1.82) is 0 Å². The van der Waals surface area contributed by atoms with Crippen molar-refractivity contribution in [2.24, 2.45) is 12.8 Å². The van der Waals surface area contributed by atoms with Crippen LogP contribution in [0.2, 0.25) is 0 Å². The van der Waals surface area contributed by atoms with E-state index in [4.69, 9.17) is 5.73 Å². The standard InChI is InChI=1S/C10H11FN4/c1-15-6-7(5-14-15)9(12)10-8(11)3-2-4-13-10/h2-6,9H,12H2,1H3. The summed E-state index contributed by atoms with van der Waals surface area (Å²) in [6, 6.07) is 2.31. The molecule has 15 heavy (non-hydrogen) atoms. The van der Waals surface area contributed by atoms with E-state index < -0.39 is 11.9 Å². The summed E-state index contributed by atoms with van der Waals surface area (Å²) in [5.74, 6) is -0.395. The van der Waals surface area contributed by atoms with Gasteiger partial charge in [-0.05, 0) is 12.1 Å². The molecular weight excluding hydrogens is 195 g/mol. The third kappa shape index (κ3) is 1.87. The molecule has 0 spiro atoms. The first-order valence-corrected chi connectivity index (χ1v) is 4.53. The van der Waals surface area contributed by atoms with Crippen molar-refractivity contribution in [3.63, 3.8) is 0 Å². The smallest absolute Gasteiger partial charge is 0.146 e. The van der Waals surface area contributed by atoms with Gasteiger partial charge in [0.05, 0.1) is 17.9 Å². The Balaban J connectivity index is 2.36. The summed E-state index contributed by atoms with van der Waals surface area (Å²) in [4.78, 5) is 3.93. The van der Waals surface area contributed by atoms with E-state index in [1.165, 1.54) is 18.3 Å². The zero-order chi connectivity index (χ0) is 10.8. The second-order valence-electron chi connectivity index (χ2n) is 3.30. The zero-order valence-corrected chi connectivity index (χ0v) is 8.26. The van der Waals surface area contributed by atoms with Crippen LogP contribution in [0.4, 0.5) is 4.39 Å². The summed E-state index contributed by atoms with van der Waals surface area (Å²) in [6.45, 7) is 0. The molecule has 0 radical (unpaired) electrons. The largest absolute Gasteiger partial charge is 0.319 e. The second-order valence-corrected chi connectivity index (χ2v) is 3.30. The van der Waals surface area contributed by atoms with Gasteiger partial charge in [-0.25, -0.2) is 4.39 Å². The van der Waals surface area contributed by atoms with Gasteiger partial charge in [-0.1, -0.05) is 0 Å². The number of aryl methyl sites for hydroxylation is 1. The molecule has 0 aliphatic heterocycles. The second kappa shape index (κ2) is 3.78. The molecule has 2 aromatic heterocycles. The van der Waals surface area contributed by atoms with Crippen molar-refractivity contribution in [1.82, 2.24) is 14.8 Å². The van der Waals surface area contributed by atoms with E-state index in [1.54, 1.807) is 24.1 Å². The fraction of sp³-hybridized carbons (Fsp3) is 0.200. The lowest BCUT2D eigenvalue weighted by Gasteiger charge is -2.08. The number of nitrogens with zero attached hydrogens (tertiary/aromatic N) is 3. The molecule has 4 nitrogen and oxygen atoms in total. The number of pyridine rings is 1. The van der Waals surface area contributed by atoms with Crippen LogP contribution in [0.5, 0.6) is 0 Å².